The fourth-order valence-electron chi connectivity index (χ4n) is 2.70. The molecule has 1 atom stereocenters. The lowest BCUT2D eigenvalue weighted by molar-refractivity contribution is 0.0857. The summed E-state index contributed by atoms with van der Waals surface area (Å²) in [6.07, 6.45) is 5.00. The number of carbonyl (C=O) groups excluding carboxylic acids is 1. The third-order valence-electron chi connectivity index (χ3n) is 4.15. The first kappa shape index (κ1) is 19.2. The van der Waals surface area contributed by atoms with Crippen LogP contribution in [0.1, 0.15) is 23.2 Å². The number of nitrogens with one attached hydrogen (secondary N) is 2. The van der Waals surface area contributed by atoms with Crippen LogP contribution in [0.2, 0.25) is 5.02 Å². The van der Waals surface area contributed by atoms with E-state index in [2.05, 4.69) is 20.6 Å². The first-order valence-electron chi connectivity index (χ1n) is 8.51. The number of hydrogen-bond donors (Lipinski definition) is 2. The van der Waals surface area contributed by atoms with Crippen molar-refractivity contribution < 1.29 is 19.0 Å². The van der Waals surface area contributed by atoms with Crippen LogP contribution in [0.15, 0.2) is 24.5 Å². The lowest BCUT2D eigenvalue weighted by atomic mass is 10.2. The van der Waals surface area contributed by atoms with Crippen molar-refractivity contribution >= 4 is 29.1 Å². The van der Waals surface area contributed by atoms with E-state index < -0.39 is 0 Å². The van der Waals surface area contributed by atoms with E-state index in [1.54, 1.807) is 12.1 Å². The lowest BCUT2D eigenvalue weighted by Gasteiger charge is -2.13. The fourth-order valence-corrected chi connectivity index (χ4v) is 2.93. The van der Waals surface area contributed by atoms with E-state index in [1.165, 1.54) is 26.6 Å². The summed E-state index contributed by atoms with van der Waals surface area (Å²) in [6, 6.07) is 3.32. The topological polar surface area (TPSA) is 94.6 Å². The van der Waals surface area contributed by atoms with Crippen LogP contribution in [-0.4, -0.2) is 49.4 Å². The molecule has 0 saturated carbocycles. The molecule has 3 rings (SSSR count). The molecule has 1 aromatic carbocycles. The minimum Gasteiger partial charge on any atom is -0.495 e. The van der Waals surface area contributed by atoms with Crippen molar-refractivity contribution in [1.29, 1.82) is 0 Å². The average Bonchev–Trinajstić information content (AvgIpc) is 3.21. The van der Waals surface area contributed by atoms with Crippen molar-refractivity contribution in [2.45, 2.75) is 18.9 Å². The Morgan fingerprint density at radius 2 is 2.00 bits per heavy atom. The number of amides is 1. The third-order valence-corrected chi connectivity index (χ3v) is 4.44. The van der Waals surface area contributed by atoms with E-state index >= 15 is 0 Å². The molecule has 0 radical (unpaired) electrons. The monoisotopic (exact) mass is 392 g/mol. The summed E-state index contributed by atoms with van der Waals surface area (Å²) in [4.78, 5) is 20.5. The number of hydrogen-bond acceptors (Lipinski definition) is 7. The summed E-state index contributed by atoms with van der Waals surface area (Å²) < 4.78 is 16.0. The second-order valence-electron chi connectivity index (χ2n) is 5.95. The summed E-state index contributed by atoms with van der Waals surface area (Å²) in [5.74, 6) is 1.09. The first-order chi connectivity index (χ1) is 13.1. The molecule has 1 aromatic heterocycles. The van der Waals surface area contributed by atoms with Gasteiger partial charge in [-0.05, 0) is 12.8 Å². The highest BCUT2D eigenvalue weighted by Crippen LogP contribution is 2.36. The number of halogens is 1. The first-order valence-corrected chi connectivity index (χ1v) is 8.89. The highest BCUT2D eigenvalue weighted by molar-refractivity contribution is 6.32. The quantitative estimate of drug-likeness (QED) is 0.748. The van der Waals surface area contributed by atoms with Crippen LogP contribution in [0, 0.1) is 0 Å². The van der Waals surface area contributed by atoms with E-state index in [9.17, 15) is 4.79 Å². The van der Waals surface area contributed by atoms with E-state index in [0.717, 1.165) is 19.4 Å². The highest BCUT2D eigenvalue weighted by Gasteiger charge is 2.17. The highest BCUT2D eigenvalue weighted by atomic mass is 35.5. The van der Waals surface area contributed by atoms with Crippen LogP contribution in [0.4, 0.5) is 11.6 Å². The molecule has 1 aliphatic heterocycles. The molecule has 1 fully saturated rings. The largest absolute Gasteiger partial charge is 0.495 e. The molecule has 1 amide bonds. The lowest BCUT2D eigenvalue weighted by Crippen LogP contribution is -2.31. The number of nitrogens with zero attached hydrogens (tertiary/aromatic N) is 2. The Morgan fingerprint density at radius 1 is 1.26 bits per heavy atom. The van der Waals surface area contributed by atoms with Crippen LogP contribution in [0.25, 0.3) is 0 Å². The van der Waals surface area contributed by atoms with Crippen molar-refractivity contribution in [3.8, 4) is 11.5 Å². The summed E-state index contributed by atoms with van der Waals surface area (Å²) in [5.41, 5.74) is 0.966. The van der Waals surface area contributed by atoms with Gasteiger partial charge in [0, 0.05) is 37.7 Å². The van der Waals surface area contributed by atoms with Gasteiger partial charge in [0.05, 0.1) is 36.6 Å². The van der Waals surface area contributed by atoms with Crippen molar-refractivity contribution in [2.75, 3.05) is 32.7 Å². The average molecular weight is 393 g/mol. The van der Waals surface area contributed by atoms with Gasteiger partial charge in [-0.3, -0.25) is 4.79 Å². The summed E-state index contributed by atoms with van der Waals surface area (Å²) >= 11 is 6.10. The normalized spacial score (nSPS) is 16.0. The van der Waals surface area contributed by atoms with E-state index in [-0.39, 0.29) is 12.0 Å². The minimum atomic E-state index is -0.234. The zero-order valence-corrected chi connectivity index (χ0v) is 15.9. The number of ether oxygens (including phenoxy) is 3. The molecule has 8 nitrogen and oxygen atoms in total. The number of methoxy groups -OCH3 is 2. The summed E-state index contributed by atoms with van der Waals surface area (Å²) in [5, 5.41) is 6.29. The van der Waals surface area contributed by atoms with Gasteiger partial charge in [0.25, 0.3) is 5.91 Å². The zero-order valence-electron chi connectivity index (χ0n) is 15.1. The molecular weight excluding hydrogens is 372 g/mol. The Labute approximate surface area is 162 Å². The van der Waals surface area contributed by atoms with Gasteiger partial charge in [0.1, 0.15) is 11.5 Å². The second-order valence-corrected chi connectivity index (χ2v) is 6.36. The van der Waals surface area contributed by atoms with Gasteiger partial charge < -0.3 is 24.8 Å². The molecule has 0 spiro atoms. The van der Waals surface area contributed by atoms with Gasteiger partial charge in [0.15, 0.2) is 0 Å². The molecule has 2 heterocycles. The molecule has 1 aliphatic rings. The Morgan fingerprint density at radius 3 is 2.63 bits per heavy atom. The molecule has 27 heavy (non-hydrogen) atoms. The maximum atomic E-state index is 12.2. The Kier molecular flexibility index (Phi) is 6.31. The second kappa shape index (κ2) is 8.88. The van der Waals surface area contributed by atoms with Crippen molar-refractivity contribution in [3.05, 3.63) is 35.1 Å². The van der Waals surface area contributed by atoms with Crippen LogP contribution < -0.4 is 20.1 Å². The Hall–Kier alpha value is -2.58. The minimum absolute atomic E-state index is 0.0863. The standard InChI is InChI=1S/C18H21ClN4O4/c1-25-15-7-14(16(26-2)6-13(15)19)23-18-21-8-11(9-22-18)17(24)20-10-12-4-3-5-27-12/h6-9,12H,3-5,10H2,1-2H3,(H,20,24)(H,21,22,23). The molecule has 1 saturated heterocycles. The molecule has 2 aromatic rings. The van der Waals surface area contributed by atoms with E-state index in [1.807, 2.05) is 0 Å². The van der Waals surface area contributed by atoms with Crippen molar-refractivity contribution in [3.63, 3.8) is 0 Å². The van der Waals surface area contributed by atoms with Gasteiger partial charge in [-0.25, -0.2) is 9.97 Å². The fraction of sp³-hybridized carbons (Fsp3) is 0.389. The molecule has 2 N–H and O–H groups in total. The van der Waals surface area contributed by atoms with Crippen LogP contribution >= 0.6 is 11.6 Å². The molecule has 9 heteroatoms. The predicted octanol–water partition coefficient (Wildman–Crippen LogP) is 2.80. The Balaban J connectivity index is 1.66. The molecular formula is C18H21ClN4O4. The van der Waals surface area contributed by atoms with Crippen LogP contribution in [0.3, 0.4) is 0 Å². The number of rotatable bonds is 7. The van der Waals surface area contributed by atoms with Gasteiger partial charge >= 0.3 is 0 Å². The maximum absolute atomic E-state index is 12.2. The maximum Gasteiger partial charge on any atom is 0.254 e. The summed E-state index contributed by atoms with van der Waals surface area (Å²) in [6.45, 7) is 1.24. The smallest absolute Gasteiger partial charge is 0.254 e. The number of benzene rings is 1. The van der Waals surface area contributed by atoms with E-state index in [0.29, 0.717) is 40.3 Å². The number of anilines is 2. The molecule has 0 bridgehead atoms. The van der Waals surface area contributed by atoms with Gasteiger partial charge in [-0.15, -0.1) is 0 Å². The van der Waals surface area contributed by atoms with E-state index in [4.69, 9.17) is 25.8 Å². The molecule has 0 aliphatic carbocycles. The zero-order chi connectivity index (χ0) is 19.2. The number of carbonyl (C=O) groups is 1. The predicted molar refractivity (Wildman–Crippen MR) is 101 cm³/mol. The van der Waals surface area contributed by atoms with Gasteiger partial charge in [-0.2, -0.15) is 0 Å². The van der Waals surface area contributed by atoms with Gasteiger partial charge in [0.2, 0.25) is 5.95 Å². The van der Waals surface area contributed by atoms with Crippen LogP contribution in [0.5, 0.6) is 11.5 Å². The van der Waals surface area contributed by atoms with Gasteiger partial charge in [-0.1, -0.05) is 11.6 Å². The number of aromatic nitrogens is 2. The Bertz CT molecular complexity index is 795. The SMILES string of the molecule is COc1cc(Nc2ncc(C(=O)NCC3CCCO3)cn2)c(OC)cc1Cl. The third kappa shape index (κ3) is 4.78. The van der Waals surface area contributed by atoms with Crippen molar-refractivity contribution in [2.24, 2.45) is 0 Å². The summed E-state index contributed by atoms with van der Waals surface area (Å²) in [7, 11) is 3.06. The van der Waals surface area contributed by atoms with Crippen LogP contribution in [-0.2, 0) is 4.74 Å². The molecule has 144 valence electrons. The van der Waals surface area contributed by atoms with Crippen molar-refractivity contribution in [1.82, 2.24) is 15.3 Å². The molecule has 1 unspecified atom stereocenters.